The highest BCUT2D eigenvalue weighted by Crippen LogP contribution is 2.59. The molecule has 354 valence electrons. The number of carbonyl (C=O) groups excluding carboxylic acids is 3. The Bertz CT molecular complexity index is 2650. The van der Waals surface area contributed by atoms with Gasteiger partial charge < -0.3 is 34.9 Å². The number of fused-ring (bicyclic) bond motifs is 6. The van der Waals surface area contributed by atoms with Crippen molar-refractivity contribution in [2.24, 2.45) is 28.2 Å². The largest absolute Gasteiger partial charge is 0.483 e. The second-order valence-electron chi connectivity index (χ2n) is 20.4. The Morgan fingerprint density at radius 2 is 1.54 bits per heavy atom. The number of aryl methyl sites for hydroxylation is 2. The fourth-order valence-electron chi connectivity index (χ4n) is 11.3. The van der Waals surface area contributed by atoms with Gasteiger partial charge in [-0.05, 0) is 117 Å². The molecule has 12 nitrogen and oxygen atoms in total. The molecular weight excluding hydrogens is 853 g/mol. The lowest BCUT2D eigenvalue weighted by Gasteiger charge is -2.39. The summed E-state index contributed by atoms with van der Waals surface area (Å²) >= 11 is 0. The first-order valence-corrected chi connectivity index (χ1v) is 23.7. The van der Waals surface area contributed by atoms with E-state index in [1.54, 1.807) is 31.5 Å². The van der Waals surface area contributed by atoms with Crippen molar-refractivity contribution < 1.29 is 32.6 Å². The van der Waals surface area contributed by atoms with E-state index in [9.17, 15) is 14.4 Å². The number of aromatic amines is 1. The van der Waals surface area contributed by atoms with Crippen LogP contribution in [0.2, 0.25) is 0 Å². The molecule has 6 aliphatic rings. The first kappa shape index (κ1) is 46.1. The molecule has 2 saturated carbocycles. The Kier molecular flexibility index (Phi) is 12.1. The fourth-order valence-corrected chi connectivity index (χ4v) is 11.3. The summed E-state index contributed by atoms with van der Waals surface area (Å²) in [6.07, 6.45) is 8.10. The van der Waals surface area contributed by atoms with Gasteiger partial charge in [0.25, 0.3) is 5.92 Å². The van der Waals surface area contributed by atoms with Crippen LogP contribution < -0.4 is 10.6 Å². The van der Waals surface area contributed by atoms with Crippen molar-refractivity contribution in [1.82, 2.24) is 30.4 Å². The third kappa shape index (κ3) is 8.49. The van der Waals surface area contributed by atoms with E-state index in [0.717, 1.165) is 55.5 Å². The van der Waals surface area contributed by atoms with Gasteiger partial charge in [-0.3, -0.25) is 14.6 Å². The molecule has 3 N–H and O–H groups in total. The van der Waals surface area contributed by atoms with Crippen LogP contribution in [0, 0.1) is 37.0 Å². The van der Waals surface area contributed by atoms with E-state index < -0.39 is 18.1 Å². The maximum Gasteiger partial charge on any atom is 0.407 e. The summed E-state index contributed by atoms with van der Waals surface area (Å²) in [7, 11) is 2.85. The molecule has 3 aliphatic carbocycles. The van der Waals surface area contributed by atoms with Crippen molar-refractivity contribution in [3.63, 3.8) is 0 Å². The number of aromatic nitrogens is 2. The number of hydrogen-bond donors (Lipinski definition) is 3. The average molecular weight is 916 g/mol. The third-order valence-electron chi connectivity index (χ3n) is 15.1. The number of nitrogens with zero attached hydrogens (tertiary/aromatic N) is 4. The number of amides is 3. The van der Waals surface area contributed by atoms with Gasteiger partial charge in [0.1, 0.15) is 17.9 Å². The number of nitrogens with one attached hydrogen (secondary N) is 3. The molecule has 0 unspecified atom stereocenters. The number of piperidine rings is 1. The minimum atomic E-state index is -3.08. The third-order valence-corrected chi connectivity index (χ3v) is 15.1. The van der Waals surface area contributed by atoms with Crippen molar-refractivity contribution in [3.8, 4) is 22.4 Å². The lowest BCUT2D eigenvalue weighted by atomic mass is 9.90. The van der Waals surface area contributed by atoms with E-state index in [1.165, 1.54) is 30.7 Å². The number of likely N-dealkylation sites (tertiary alicyclic amines) is 2. The number of imidazole rings is 1. The molecule has 4 aromatic rings. The number of rotatable bonds is 11. The van der Waals surface area contributed by atoms with E-state index in [0.29, 0.717) is 52.6 Å². The lowest BCUT2D eigenvalue weighted by molar-refractivity contribution is -0.137. The van der Waals surface area contributed by atoms with Gasteiger partial charge in [0, 0.05) is 41.4 Å². The number of H-pyrrole nitrogens is 1. The number of ether oxygens (including phenoxy) is 2. The second kappa shape index (κ2) is 17.6. The van der Waals surface area contributed by atoms with E-state index in [2.05, 4.69) is 71.1 Å². The number of alkyl carbamates (subject to hydrolysis) is 1. The van der Waals surface area contributed by atoms with Crippen LogP contribution >= 0.6 is 0 Å². The van der Waals surface area contributed by atoms with Crippen LogP contribution in [-0.4, -0.2) is 88.3 Å². The molecule has 4 heterocycles. The maximum absolute atomic E-state index is 15.4. The van der Waals surface area contributed by atoms with Crippen molar-refractivity contribution in [2.75, 3.05) is 20.8 Å². The molecule has 2 saturated heterocycles. The normalized spacial score (nSPS) is 23.0. The summed E-state index contributed by atoms with van der Waals surface area (Å²) in [5.74, 6) is -1.51. The molecule has 6 atom stereocenters. The summed E-state index contributed by atoms with van der Waals surface area (Å²) in [5, 5.41) is 5.87. The zero-order valence-corrected chi connectivity index (χ0v) is 39.8. The Morgan fingerprint density at radius 3 is 2.22 bits per heavy atom. The molecule has 1 spiro atoms. The summed E-state index contributed by atoms with van der Waals surface area (Å²) in [4.78, 5) is 56.1. The SMILES string of the molecule is C=C(N[C@H](C(=O)N1[C@@H]2CC[C@@H](C2)[C@H]1C1=Nc2ccc(C)cc2C1)C(C)C)OC.COC(=O)N[C@H](C(=O)N1CC2(CC2)C[C@H]1c1ncc(-c2ccc3c(c2)C(F)(F)c2cc(C)ccc2-3)[nH]1)C(C)C. The van der Waals surface area contributed by atoms with Crippen LogP contribution in [0.15, 0.2) is 78.2 Å². The van der Waals surface area contributed by atoms with Gasteiger partial charge in [-0.2, -0.15) is 8.78 Å². The van der Waals surface area contributed by atoms with Crippen molar-refractivity contribution >= 4 is 29.3 Å². The fraction of sp³-hybridized carbons (Fsp3) is 0.491. The van der Waals surface area contributed by atoms with Crippen LogP contribution in [0.25, 0.3) is 22.4 Å². The van der Waals surface area contributed by atoms with Crippen LogP contribution in [-0.2, 0) is 31.4 Å². The number of aliphatic imine (C=N–C) groups is 1. The van der Waals surface area contributed by atoms with Gasteiger partial charge in [0.05, 0.1) is 43.9 Å². The van der Waals surface area contributed by atoms with Crippen LogP contribution in [0.1, 0.15) is 106 Å². The Labute approximate surface area is 392 Å². The lowest BCUT2D eigenvalue weighted by Crippen LogP contribution is -2.56. The van der Waals surface area contributed by atoms with Gasteiger partial charge in [-0.1, -0.05) is 75.2 Å². The maximum atomic E-state index is 15.4. The molecule has 14 heteroatoms. The van der Waals surface area contributed by atoms with Gasteiger partial charge in [0.2, 0.25) is 11.8 Å². The predicted octanol–water partition coefficient (Wildman–Crippen LogP) is 9.67. The Balaban J connectivity index is 0.000000177. The smallest absolute Gasteiger partial charge is 0.407 e. The number of alkyl halides is 2. The van der Waals surface area contributed by atoms with Crippen molar-refractivity contribution in [1.29, 1.82) is 0 Å². The summed E-state index contributed by atoms with van der Waals surface area (Å²) in [5.41, 5.74) is 8.01. The van der Waals surface area contributed by atoms with Gasteiger partial charge >= 0.3 is 6.09 Å². The molecule has 4 fully saturated rings. The zero-order chi connectivity index (χ0) is 47.7. The number of halogens is 2. The molecule has 2 bridgehead atoms. The van der Waals surface area contributed by atoms with E-state index in [1.807, 2.05) is 37.8 Å². The van der Waals surface area contributed by atoms with E-state index in [4.69, 9.17) is 14.5 Å². The number of carbonyl (C=O) groups is 3. The van der Waals surface area contributed by atoms with Crippen molar-refractivity contribution in [3.05, 3.63) is 107 Å². The minimum Gasteiger partial charge on any atom is -0.483 e. The number of benzene rings is 3. The molecule has 10 rings (SSSR count). The molecule has 3 amide bonds. The van der Waals surface area contributed by atoms with E-state index in [-0.39, 0.29) is 58.3 Å². The topological polar surface area (TPSA) is 141 Å². The highest BCUT2D eigenvalue weighted by molar-refractivity contribution is 6.01. The van der Waals surface area contributed by atoms with Crippen LogP contribution in [0.4, 0.5) is 19.3 Å². The summed E-state index contributed by atoms with van der Waals surface area (Å²) < 4.78 is 40.8. The van der Waals surface area contributed by atoms with Crippen LogP contribution in [0.3, 0.4) is 0 Å². The molecule has 67 heavy (non-hydrogen) atoms. The number of hydrogen-bond acceptors (Lipinski definition) is 8. The zero-order valence-electron chi connectivity index (χ0n) is 39.8. The summed E-state index contributed by atoms with van der Waals surface area (Å²) in [6, 6.07) is 15.8. The second-order valence-corrected chi connectivity index (χ2v) is 20.4. The van der Waals surface area contributed by atoms with Gasteiger partial charge in [0.15, 0.2) is 5.88 Å². The Hall–Kier alpha value is -6.05. The Morgan fingerprint density at radius 1 is 0.866 bits per heavy atom. The first-order valence-electron chi connectivity index (χ1n) is 23.7. The molecular formula is C53H63F2N7O5. The van der Waals surface area contributed by atoms with E-state index >= 15 is 8.78 Å². The highest BCUT2D eigenvalue weighted by atomic mass is 19.3. The summed E-state index contributed by atoms with van der Waals surface area (Å²) in [6.45, 7) is 16.3. The number of methoxy groups -OCH3 is 2. The molecule has 3 aromatic carbocycles. The van der Waals surface area contributed by atoms with Gasteiger partial charge in [-0.25, -0.2) is 9.78 Å². The van der Waals surface area contributed by atoms with Crippen LogP contribution in [0.5, 0.6) is 0 Å². The minimum absolute atomic E-state index is 0.0139. The predicted molar refractivity (Wildman–Crippen MR) is 254 cm³/mol. The monoisotopic (exact) mass is 915 g/mol. The highest BCUT2D eigenvalue weighted by Gasteiger charge is 2.56. The standard InChI is InChI=1S/C30H32F2N4O3.C23H31N3O2/c1-16(2)25(35-28(38)39-4)27(37)36-15-29(9-10-29)13-24(36)26-33-14-23(34-26)18-6-8-20-19-7-5-17(3)11-21(19)30(31,32)22(20)12-18;1-13(2)21(24-15(4)28-5)23(27)26-18-8-7-16(11-18)22(26)20-12-17-10-14(3)6-9-19(17)25-20/h5-8,11-12,14,16,24-25H,9-10,13,15H2,1-4H3,(H,33,34)(H,35,38);6,9-10,13,16,18,21-22,24H,4,7-8,11-12H2,1-3,5H3/t24-,25-;16-,18+,21-,22-/m00/s1. The van der Waals surface area contributed by atoms with Gasteiger partial charge in [-0.15, -0.1) is 0 Å². The molecule has 0 radical (unpaired) electrons. The molecule has 1 aromatic heterocycles. The average Bonchev–Trinajstić information content (AvgIpc) is 3.96. The first-order chi connectivity index (χ1) is 31.9. The quantitative estimate of drug-likeness (QED) is 0.127. The van der Waals surface area contributed by atoms with Crippen molar-refractivity contribution in [2.45, 2.75) is 123 Å². The molecule has 3 aliphatic heterocycles.